The van der Waals surface area contributed by atoms with Crippen LogP contribution >= 0.6 is 0 Å². The molecule has 1 aromatic carbocycles. The van der Waals surface area contributed by atoms with E-state index in [9.17, 15) is 13.2 Å². The van der Waals surface area contributed by atoms with Crippen molar-refractivity contribution in [2.24, 2.45) is 10.9 Å². The zero-order chi connectivity index (χ0) is 16.3. The second-order valence-electron chi connectivity index (χ2n) is 5.72. The minimum atomic E-state index is -3.08. The van der Waals surface area contributed by atoms with E-state index >= 15 is 0 Å². The minimum absolute atomic E-state index is 0.0811. The first-order chi connectivity index (χ1) is 11.0. The Labute approximate surface area is 135 Å². The number of amides is 1. The fourth-order valence-corrected chi connectivity index (χ4v) is 4.41. The summed E-state index contributed by atoms with van der Waals surface area (Å²) in [4.78, 5) is 16.4. The van der Waals surface area contributed by atoms with E-state index in [4.69, 9.17) is 0 Å². The molecule has 1 atom stereocenters. The summed E-state index contributed by atoms with van der Waals surface area (Å²) in [5.74, 6) is -0.858. The normalized spacial score (nSPS) is 20.5. The van der Waals surface area contributed by atoms with Gasteiger partial charge in [0.15, 0.2) is 9.84 Å². The largest absolute Gasteiger partial charge is 0.328 e. The summed E-state index contributed by atoms with van der Waals surface area (Å²) < 4.78 is 24.9. The van der Waals surface area contributed by atoms with Gasteiger partial charge in [0.05, 0.1) is 17.4 Å². The molecule has 1 amide bonds. The van der Waals surface area contributed by atoms with E-state index in [1.54, 1.807) is 6.07 Å². The predicted molar refractivity (Wildman–Crippen MR) is 87.3 cm³/mol. The minimum Gasteiger partial charge on any atom is -0.328 e. The van der Waals surface area contributed by atoms with Crippen LogP contribution in [0, 0.1) is 5.92 Å². The molecule has 0 saturated carbocycles. The fraction of sp³-hybridized carbons (Fsp3) is 0.294. The van der Waals surface area contributed by atoms with Crippen LogP contribution in [-0.2, 0) is 21.2 Å². The maximum Gasteiger partial charge on any atom is 0.251 e. The monoisotopic (exact) mass is 330 g/mol. The smallest absolute Gasteiger partial charge is 0.251 e. The summed E-state index contributed by atoms with van der Waals surface area (Å²) >= 11 is 0. The average Bonchev–Trinajstić information content (AvgIpc) is 2.90. The third-order valence-electron chi connectivity index (χ3n) is 3.92. The third kappa shape index (κ3) is 3.96. The lowest BCUT2D eigenvalue weighted by Crippen LogP contribution is -2.24. The molecule has 6 heteroatoms. The molecular weight excluding hydrogens is 312 g/mol. The quantitative estimate of drug-likeness (QED) is 0.854. The Hall–Kier alpha value is -2.21. The molecule has 0 aliphatic carbocycles. The highest BCUT2D eigenvalue weighted by atomic mass is 32.2. The maximum absolute atomic E-state index is 12.3. The molecule has 3 rings (SSSR count). The van der Waals surface area contributed by atoms with Gasteiger partial charge in [-0.3, -0.25) is 4.79 Å². The number of hydrogen-bond acceptors (Lipinski definition) is 3. The first-order valence-corrected chi connectivity index (χ1v) is 9.34. The van der Waals surface area contributed by atoms with Crippen LogP contribution in [-0.4, -0.2) is 30.4 Å². The molecule has 120 valence electrons. The zero-order valence-corrected chi connectivity index (χ0v) is 13.4. The Kier molecular flexibility index (Phi) is 4.43. The van der Waals surface area contributed by atoms with Crippen molar-refractivity contribution in [2.75, 3.05) is 11.5 Å². The number of nitrogens with zero attached hydrogens (tertiary/aromatic N) is 2. The summed E-state index contributed by atoms with van der Waals surface area (Å²) in [6.45, 7) is 0.608. The number of hydrogen-bond donors (Lipinski definition) is 0. The molecule has 2 aromatic rings. The van der Waals surface area contributed by atoms with Gasteiger partial charge in [0.2, 0.25) is 0 Å². The molecule has 1 aromatic heterocycles. The number of sulfone groups is 1. The summed E-state index contributed by atoms with van der Waals surface area (Å²) in [7, 11) is -3.08. The molecular formula is C17H18N2O3S. The first-order valence-electron chi connectivity index (χ1n) is 7.52. The van der Waals surface area contributed by atoms with Gasteiger partial charge < -0.3 is 4.57 Å². The Bertz CT molecular complexity index is 870. The highest BCUT2D eigenvalue weighted by molar-refractivity contribution is 7.91. The second kappa shape index (κ2) is 6.50. The van der Waals surface area contributed by atoms with E-state index in [0.717, 1.165) is 5.56 Å². The molecule has 23 heavy (non-hydrogen) atoms. The van der Waals surface area contributed by atoms with Gasteiger partial charge in [-0.05, 0) is 24.1 Å². The molecule has 0 spiro atoms. The highest BCUT2D eigenvalue weighted by Gasteiger charge is 2.32. The number of aromatic nitrogens is 1. The van der Waals surface area contributed by atoms with Crippen LogP contribution in [0.15, 0.2) is 59.7 Å². The lowest BCUT2D eigenvalue weighted by atomic mass is 10.1. The van der Waals surface area contributed by atoms with Crippen molar-refractivity contribution in [1.29, 1.82) is 0 Å². The van der Waals surface area contributed by atoms with Crippen molar-refractivity contribution < 1.29 is 13.2 Å². The third-order valence-corrected chi connectivity index (χ3v) is 5.69. The number of rotatable bonds is 3. The van der Waals surface area contributed by atoms with Crippen LogP contribution in [0.3, 0.4) is 0 Å². The van der Waals surface area contributed by atoms with Crippen LogP contribution in [0.5, 0.6) is 0 Å². The van der Waals surface area contributed by atoms with E-state index in [0.29, 0.717) is 18.5 Å². The van der Waals surface area contributed by atoms with Crippen molar-refractivity contribution >= 4 is 15.7 Å². The molecule has 1 fully saturated rings. The Balaban J connectivity index is 1.86. The summed E-state index contributed by atoms with van der Waals surface area (Å²) in [6, 6.07) is 15.4. The Morgan fingerprint density at radius 1 is 1.13 bits per heavy atom. The van der Waals surface area contributed by atoms with Crippen molar-refractivity contribution in [1.82, 2.24) is 4.57 Å². The van der Waals surface area contributed by atoms with E-state index in [1.807, 2.05) is 53.2 Å². The lowest BCUT2D eigenvalue weighted by Gasteiger charge is -2.08. The van der Waals surface area contributed by atoms with Gasteiger partial charge in [-0.25, -0.2) is 8.42 Å². The van der Waals surface area contributed by atoms with Gasteiger partial charge in [0.1, 0.15) is 5.49 Å². The molecule has 1 aliphatic rings. The van der Waals surface area contributed by atoms with Gasteiger partial charge in [-0.15, -0.1) is 0 Å². The van der Waals surface area contributed by atoms with Crippen molar-refractivity contribution in [3.8, 4) is 0 Å². The topological polar surface area (TPSA) is 68.5 Å². The van der Waals surface area contributed by atoms with Gasteiger partial charge in [0, 0.05) is 12.7 Å². The number of carbonyl (C=O) groups is 1. The van der Waals surface area contributed by atoms with E-state index in [1.165, 1.54) is 0 Å². The zero-order valence-electron chi connectivity index (χ0n) is 12.6. The first kappa shape index (κ1) is 15.7. The van der Waals surface area contributed by atoms with Crippen LogP contribution in [0.2, 0.25) is 0 Å². The van der Waals surface area contributed by atoms with E-state index < -0.39 is 15.8 Å². The van der Waals surface area contributed by atoms with Gasteiger partial charge >= 0.3 is 0 Å². The van der Waals surface area contributed by atoms with Crippen LogP contribution in [0.1, 0.15) is 12.0 Å². The molecule has 2 heterocycles. The highest BCUT2D eigenvalue weighted by Crippen LogP contribution is 2.19. The molecule has 0 N–H and O–H groups in total. The van der Waals surface area contributed by atoms with Crippen molar-refractivity contribution in [2.45, 2.75) is 13.0 Å². The fourth-order valence-electron chi connectivity index (χ4n) is 2.68. The van der Waals surface area contributed by atoms with Crippen molar-refractivity contribution in [3.05, 3.63) is 65.8 Å². The predicted octanol–water partition coefficient (Wildman–Crippen LogP) is 1.40. The standard InChI is InChI=1S/C17H18N2O3S/c20-17(15-9-11-23(21,22)13-15)18-16-8-4-5-10-19(16)12-14-6-2-1-3-7-14/h1-8,10,15H,9,11-13H2/t15-/m0/s1. The second-order valence-corrected chi connectivity index (χ2v) is 7.95. The SMILES string of the molecule is O=C(N=c1ccccn1Cc1ccccc1)[C@H]1CCS(=O)(=O)C1. The Morgan fingerprint density at radius 3 is 2.57 bits per heavy atom. The van der Waals surface area contributed by atoms with E-state index in [-0.39, 0.29) is 17.4 Å². The average molecular weight is 330 g/mol. The lowest BCUT2D eigenvalue weighted by molar-refractivity contribution is -0.121. The number of benzene rings is 1. The number of pyridine rings is 1. The van der Waals surface area contributed by atoms with Crippen LogP contribution < -0.4 is 5.49 Å². The summed E-state index contributed by atoms with van der Waals surface area (Å²) in [5.41, 5.74) is 1.65. The van der Waals surface area contributed by atoms with Crippen LogP contribution in [0.4, 0.5) is 0 Å². The number of carbonyl (C=O) groups excluding carboxylic acids is 1. The van der Waals surface area contributed by atoms with Gasteiger partial charge in [0.25, 0.3) is 5.91 Å². The maximum atomic E-state index is 12.3. The molecule has 0 radical (unpaired) electrons. The van der Waals surface area contributed by atoms with Gasteiger partial charge in [-0.1, -0.05) is 36.4 Å². The molecule has 1 saturated heterocycles. The van der Waals surface area contributed by atoms with Gasteiger partial charge in [-0.2, -0.15) is 4.99 Å². The summed E-state index contributed by atoms with van der Waals surface area (Å²) in [6.07, 6.45) is 2.24. The van der Waals surface area contributed by atoms with Crippen molar-refractivity contribution in [3.63, 3.8) is 0 Å². The molecule has 0 unspecified atom stereocenters. The molecule has 1 aliphatic heterocycles. The van der Waals surface area contributed by atoms with Crippen LogP contribution in [0.25, 0.3) is 0 Å². The van der Waals surface area contributed by atoms with E-state index in [2.05, 4.69) is 4.99 Å². The summed E-state index contributed by atoms with van der Waals surface area (Å²) in [5, 5.41) is 0. The molecule has 5 nitrogen and oxygen atoms in total. The molecule has 0 bridgehead atoms. The Morgan fingerprint density at radius 2 is 1.87 bits per heavy atom.